The Labute approximate surface area is 167 Å². The van der Waals surface area contributed by atoms with E-state index in [0.717, 1.165) is 12.1 Å². The molecule has 2 heterocycles. The number of amides is 1. The van der Waals surface area contributed by atoms with Crippen molar-refractivity contribution >= 4 is 46.3 Å². The molecule has 0 fully saturated rings. The van der Waals surface area contributed by atoms with Gasteiger partial charge in [0.2, 0.25) is 0 Å². The van der Waals surface area contributed by atoms with Gasteiger partial charge in [-0.15, -0.1) is 0 Å². The van der Waals surface area contributed by atoms with Gasteiger partial charge in [0.15, 0.2) is 0 Å². The molecular formula is C20H16Cl2N4O. The number of rotatable bonds is 3. The second kappa shape index (κ2) is 7.18. The first-order chi connectivity index (χ1) is 13.0. The predicted octanol–water partition coefficient (Wildman–Crippen LogP) is 5.04. The molecule has 27 heavy (non-hydrogen) atoms. The highest BCUT2D eigenvalue weighted by Crippen LogP contribution is 2.32. The van der Waals surface area contributed by atoms with Crippen molar-refractivity contribution in [3.63, 3.8) is 0 Å². The quantitative estimate of drug-likeness (QED) is 0.671. The van der Waals surface area contributed by atoms with Crippen LogP contribution in [-0.4, -0.2) is 22.4 Å². The van der Waals surface area contributed by atoms with Gasteiger partial charge in [0.1, 0.15) is 17.3 Å². The number of fused-ring (bicyclic) bond motifs is 1. The molecule has 0 atom stereocenters. The molecule has 1 aliphatic rings. The number of nitrogens with zero attached hydrogens (tertiary/aromatic N) is 3. The minimum atomic E-state index is -0.148. The van der Waals surface area contributed by atoms with Crippen LogP contribution in [0.4, 0.5) is 17.2 Å². The number of aryl methyl sites for hydroxylation is 1. The van der Waals surface area contributed by atoms with Gasteiger partial charge in [-0.1, -0.05) is 47.5 Å². The summed E-state index contributed by atoms with van der Waals surface area (Å²) < 4.78 is 0. The SMILES string of the molecule is Cc1nc(Nc2cccc(Cl)c2Cl)cc(C(=O)N2CCc3ccccc32)n1. The lowest BCUT2D eigenvalue weighted by molar-refractivity contribution is 0.0984. The van der Waals surface area contributed by atoms with E-state index >= 15 is 0 Å². The summed E-state index contributed by atoms with van der Waals surface area (Å²) in [5.41, 5.74) is 3.05. The van der Waals surface area contributed by atoms with Gasteiger partial charge in [-0.3, -0.25) is 4.79 Å². The number of aromatic nitrogens is 2. The number of nitrogens with one attached hydrogen (secondary N) is 1. The van der Waals surface area contributed by atoms with E-state index in [1.165, 1.54) is 5.56 Å². The predicted molar refractivity (Wildman–Crippen MR) is 108 cm³/mol. The van der Waals surface area contributed by atoms with Crippen molar-refractivity contribution in [2.45, 2.75) is 13.3 Å². The van der Waals surface area contributed by atoms with Crippen molar-refractivity contribution in [1.29, 1.82) is 0 Å². The van der Waals surface area contributed by atoms with Crippen LogP contribution in [0.3, 0.4) is 0 Å². The second-order valence-electron chi connectivity index (χ2n) is 6.25. The van der Waals surface area contributed by atoms with Crippen LogP contribution in [0.5, 0.6) is 0 Å². The number of carbonyl (C=O) groups excluding carboxylic acids is 1. The molecular weight excluding hydrogens is 383 g/mol. The van der Waals surface area contributed by atoms with Crippen LogP contribution < -0.4 is 10.2 Å². The van der Waals surface area contributed by atoms with Crippen LogP contribution >= 0.6 is 23.2 Å². The van der Waals surface area contributed by atoms with Crippen LogP contribution in [0.15, 0.2) is 48.5 Å². The van der Waals surface area contributed by atoms with Crippen LogP contribution in [0.1, 0.15) is 21.9 Å². The Morgan fingerprint density at radius 3 is 2.78 bits per heavy atom. The fourth-order valence-electron chi connectivity index (χ4n) is 3.17. The Kier molecular flexibility index (Phi) is 4.72. The first kappa shape index (κ1) is 17.8. The van der Waals surface area contributed by atoms with Gasteiger partial charge in [-0.2, -0.15) is 0 Å². The van der Waals surface area contributed by atoms with Gasteiger partial charge in [-0.25, -0.2) is 9.97 Å². The van der Waals surface area contributed by atoms with Gasteiger partial charge in [0, 0.05) is 18.3 Å². The Balaban J connectivity index is 1.65. The molecule has 4 rings (SSSR count). The highest BCUT2D eigenvalue weighted by atomic mass is 35.5. The maximum absolute atomic E-state index is 13.0. The normalized spacial score (nSPS) is 12.8. The highest BCUT2D eigenvalue weighted by Gasteiger charge is 2.26. The average Bonchev–Trinajstić information content (AvgIpc) is 3.08. The fourth-order valence-corrected chi connectivity index (χ4v) is 3.51. The van der Waals surface area contributed by atoms with Crippen LogP contribution in [-0.2, 0) is 6.42 Å². The van der Waals surface area contributed by atoms with E-state index in [4.69, 9.17) is 23.2 Å². The zero-order valence-electron chi connectivity index (χ0n) is 14.5. The average molecular weight is 399 g/mol. The van der Waals surface area contributed by atoms with E-state index in [9.17, 15) is 4.79 Å². The minimum absolute atomic E-state index is 0.148. The number of hydrogen-bond acceptors (Lipinski definition) is 4. The highest BCUT2D eigenvalue weighted by molar-refractivity contribution is 6.43. The Hall–Kier alpha value is -2.63. The van der Waals surface area contributed by atoms with E-state index in [1.54, 1.807) is 36.1 Å². The molecule has 1 amide bonds. The molecule has 2 aromatic carbocycles. The summed E-state index contributed by atoms with van der Waals surface area (Å²) in [5.74, 6) is 0.835. The zero-order chi connectivity index (χ0) is 19.0. The number of hydrogen-bond donors (Lipinski definition) is 1. The molecule has 0 saturated carbocycles. The third-order valence-corrected chi connectivity index (χ3v) is 5.22. The molecule has 1 aliphatic heterocycles. The van der Waals surface area contributed by atoms with Gasteiger partial charge >= 0.3 is 0 Å². The first-order valence-electron chi connectivity index (χ1n) is 8.49. The van der Waals surface area contributed by atoms with E-state index in [0.29, 0.717) is 39.6 Å². The number of anilines is 3. The van der Waals surface area contributed by atoms with E-state index in [-0.39, 0.29) is 5.91 Å². The van der Waals surface area contributed by atoms with E-state index in [1.807, 2.05) is 24.3 Å². The topological polar surface area (TPSA) is 58.1 Å². The minimum Gasteiger partial charge on any atom is -0.339 e. The summed E-state index contributed by atoms with van der Waals surface area (Å²) in [6.45, 7) is 2.39. The van der Waals surface area contributed by atoms with Crippen molar-refractivity contribution in [1.82, 2.24) is 9.97 Å². The summed E-state index contributed by atoms with van der Waals surface area (Å²) in [6, 6.07) is 14.8. The Morgan fingerprint density at radius 1 is 1.11 bits per heavy atom. The first-order valence-corrected chi connectivity index (χ1v) is 9.25. The molecule has 0 aliphatic carbocycles. The molecule has 7 heteroatoms. The number of para-hydroxylation sites is 1. The van der Waals surface area contributed by atoms with Gasteiger partial charge in [0.05, 0.1) is 15.7 Å². The van der Waals surface area contributed by atoms with Crippen LogP contribution in [0, 0.1) is 6.92 Å². The Bertz CT molecular complexity index is 1040. The maximum atomic E-state index is 13.0. The van der Waals surface area contributed by atoms with Crippen molar-refractivity contribution in [3.05, 3.63) is 75.7 Å². The van der Waals surface area contributed by atoms with Gasteiger partial charge in [0.25, 0.3) is 5.91 Å². The lowest BCUT2D eigenvalue weighted by Crippen LogP contribution is -2.30. The largest absolute Gasteiger partial charge is 0.339 e. The summed E-state index contributed by atoms with van der Waals surface area (Å²) in [5, 5.41) is 3.96. The zero-order valence-corrected chi connectivity index (χ0v) is 16.1. The maximum Gasteiger partial charge on any atom is 0.277 e. The fraction of sp³-hybridized carbons (Fsp3) is 0.150. The lowest BCUT2D eigenvalue weighted by Gasteiger charge is -2.17. The molecule has 0 unspecified atom stereocenters. The monoisotopic (exact) mass is 398 g/mol. The molecule has 5 nitrogen and oxygen atoms in total. The van der Waals surface area contributed by atoms with Crippen LogP contribution in [0.25, 0.3) is 0 Å². The van der Waals surface area contributed by atoms with Crippen molar-refractivity contribution < 1.29 is 4.79 Å². The van der Waals surface area contributed by atoms with Crippen LogP contribution in [0.2, 0.25) is 10.0 Å². The number of carbonyl (C=O) groups is 1. The summed E-state index contributed by atoms with van der Waals surface area (Å²) in [7, 11) is 0. The molecule has 0 saturated heterocycles. The molecule has 1 N–H and O–H groups in total. The summed E-state index contributed by atoms with van der Waals surface area (Å²) in [4.78, 5) is 23.5. The third-order valence-electron chi connectivity index (χ3n) is 4.40. The molecule has 3 aromatic rings. The van der Waals surface area contributed by atoms with Gasteiger partial charge in [-0.05, 0) is 37.1 Å². The van der Waals surface area contributed by atoms with Gasteiger partial charge < -0.3 is 10.2 Å². The number of benzene rings is 2. The molecule has 0 radical (unpaired) electrons. The standard InChI is InChI=1S/C20H16Cl2N4O/c1-12-23-16(20(27)26-10-9-13-5-2-3-8-17(13)26)11-18(24-12)25-15-7-4-6-14(21)19(15)22/h2-8,11H,9-10H2,1H3,(H,23,24,25). The molecule has 0 bridgehead atoms. The van der Waals surface area contributed by atoms with E-state index in [2.05, 4.69) is 15.3 Å². The lowest BCUT2D eigenvalue weighted by atomic mass is 10.2. The second-order valence-corrected chi connectivity index (χ2v) is 7.03. The van der Waals surface area contributed by atoms with Crippen molar-refractivity contribution in [2.75, 3.05) is 16.8 Å². The molecule has 136 valence electrons. The number of halogens is 2. The Morgan fingerprint density at radius 2 is 1.93 bits per heavy atom. The smallest absolute Gasteiger partial charge is 0.277 e. The molecule has 0 spiro atoms. The summed E-state index contributed by atoms with van der Waals surface area (Å²) >= 11 is 12.3. The van der Waals surface area contributed by atoms with E-state index < -0.39 is 0 Å². The summed E-state index contributed by atoms with van der Waals surface area (Å²) in [6.07, 6.45) is 0.842. The van der Waals surface area contributed by atoms with Crippen molar-refractivity contribution in [3.8, 4) is 0 Å². The molecule has 1 aromatic heterocycles. The third kappa shape index (κ3) is 3.48. The van der Waals surface area contributed by atoms with Crippen molar-refractivity contribution in [2.24, 2.45) is 0 Å².